The lowest BCUT2D eigenvalue weighted by molar-refractivity contribution is -0.269. The molecule has 1 aliphatic heterocycles. The van der Waals surface area contributed by atoms with Crippen molar-refractivity contribution in [2.75, 3.05) is 0 Å². The summed E-state index contributed by atoms with van der Waals surface area (Å²) in [6.07, 6.45) is 1.53. The highest BCUT2D eigenvalue weighted by Crippen LogP contribution is 2.25. The van der Waals surface area contributed by atoms with Gasteiger partial charge in [-0.3, -0.25) is 0 Å². The summed E-state index contributed by atoms with van der Waals surface area (Å²) in [6.45, 7) is 5.53. The van der Waals surface area contributed by atoms with Gasteiger partial charge in [0.05, 0.1) is 0 Å². The number of ether oxygens (including phenoxy) is 2. The van der Waals surface area contributed by atoms with Crippen LogP contribution in [0.1, 0.15) is 27.2 Å². The molecule has 1 rings (SSSR count). The summed E-state index contributed by atoms with van der Waals surface area (Å²) in [7, 11) is 0. The predicted molar refractivity (Wildman–Crippen MR) is 40.6 cm³/mol. The Morgan fingerprint density at radius 1 is 1.64 bits per heavy atom. The maximum Gasteiger partial charge on any atom is 0.207 e. The van der Waals surface area contributed by atoms with Gasteiger partial charge < -0.3 is 14.6 Å². The molecule has 0 aromatic rings. The third-order valence-corrected chi connectivity index (χ3v) is 1.46. The average molecular weight is 158 g/mol. The van der Waals surface area contributed by atoms with Crippen LogP contribution in [0.25, 0.3) is 0 Å². The topological polar surface area (TPSA) is 38.7 Å². The smallest absolute Gasteiger partial charge is 0.207 e. The maximum absolute atomic E-state index is 9.17. The summed E-state index contributed by atoms with van der Waals surface area (Å²) in [4.78, 5) is 0. The van der Waals surface area contributed by atoms with Crippen molar-refractivity contribution >= 4 is 0 Å². The molecule has 1 heterocycles. The SMILES string of the molecule is CCC1=CC(O)OC(C)(C)O1. The molecule has 3 heteroatoms. The first kappa shape index (κ1) is 8.56. The predicted octanol–water partition coefficient (Wildman–Crippen LogP) is 1.38. The monoisotopic (exact) mass is 158 g/mol. The van der Waals surface area contributed by atoms with Gasteiger partial charge in [0.1, 0.15) is 5.76 Å². The molecule has 3 nitrogen and oxygen atoms in total. The number of hydrogen-bond acceptors (Lipinski definition) is 3. The summed E-state index contributed by atoms with van der Waals surface area (Å²) < 4.78 is 10.4. The minimum Gasteiger partial charge on any atom is -0.467 e. The van der Waals surface area contributed by atoms with E-state index in [4.69, 9.17) is 14.6 Å². The third kappa shape index (κ3) is 2.20. The van der Waals surface area contributed by atoms with Crippen LogP contribution in [0.15, 0.2) is 11.8 Å². The van der Waals surface area contributed by atoms with E-state index in [1.54, 1.807) is 19.9 Å². The Labute approximate surface area is 66.6 Å². The largest absolute Gasteiger partial charge is 0.467 e. The van der Waals surface area contributed by atoms with Gasteiger partial charge in [0.2, 0.25) is 5.79 Å². The van der Waals surface area contributed by atoms with Gasteiger partial charge in [-0.2, -0.15) is 0 Å². The molecule has 0 aromatic carbocycles. The molecule has 1 aliphatic rings. The summed E-state index contributed by atoms with van der Waals surface area (Å²) in [6, 6.07) is 0. The standard InChI is InChI=1S/C8H14O3/c1-4-6-5-7(9)11-8(2,3)10-6/h5,7,9H,4H2,1-3H3. The molecule has 0 aromatic heterocycles. The van der Waals surface area contributed by atoms with E-state index in [1.807, 2.05) is 6.92 Å². The van der Waals surface area contributed by atoms with Crippen molar-refractivity contribution in [2.45, 2.75) is 39.3 Å². The van der Waals surface area contributed by atoms with Crippen LogP contribution >= 0.6 is 0 Å². The van der Waals surface area contributed by atoms with E-state index in [9.17, 15) is 0 Å². The Kier molecular flexibility index (Phi) is 2.20. The summed E-state index contributed by atoms with van der Waals surface area (Å²) in [5, 5.41) is 9.17. The molecule has 0 bridgehead atoms. The first-order chi connectivity index (χ1) is 5.03. The van der Waals surface area contributed by atoms with Crippen molar-refractivity contribution in [1.82, 2.24) is 0 Å². The lowest BCUT2D eigenvalue weighted by atomic mass is 10.3. The van der Waals surface area contributed by atoms with Crippen molar-refractivity contribution < 1.29 is 14.6 Å². The van der Waals surface area contributed by atoms with Gasteiger partial charge in [-0.25, -0.2) is 0 Å². The van der Waals surface area contributed by atoms with Crippen LogP contribution in [0, 0.1) is 0 Å². The Balaban J connectivity index is 2.70. The van der Waals surface area contributed by atoms with Crippen LogP contribution < -0.4 is 0 Å². The number of aliphatic hydroxyl groups excluding tert-OH is 1. The van der Waals surface area contributed by atoms with Gasteiger partial charge in [-0.05, 0) is 0 Å². The first-order valence-electron chi connectivity index (χ1n) is 3.79. The maximum atomic E-state index is 9.17. The van der Waals surface area contributed by atoms with E-state index in [-0.39, 0.29) is 0 Å². The molecule has 0 spiro atoms. The normalized spacial score (nSPS) is 29.1. The van der Waals surface area contributed by atoms with E-state index in [2.05, 4.69) is 0 Å². The fraction of sp³-hybridized carbons (Fsp3) is 0.750. The fourth-order valence-electron chi connectivity index (χ4n) is 1.05. The van der Waals surface area contributed by atoms with Gasteiger partial charge >= 0.3 is 0 Å². The van der Waals surface area contributed by atoms with E-state index in [1.165, 1.54) is 0 Å². The minimum absolute atomic E-state index is 0.695. The molecule has 0 saturated heterocycles. The van der Waals surface area contributed by atoms with E-state index in [0.29, 0.717) is 0 Å². The van der Waals surface area contributed by atoms with Gasteiger partial charge in [0.15, 0.2) is 6.29 Å². The molecule has 1 N–H and O–H groups in total. The molecule has 0 saturated carbocycles. The molecule has 1 atom stereocenters. The third-order valence-electron chi connectivity index (χ3n) is 1.46. The molecule has 1 unspecified atom stereocenters. The quantitative estimate of drug-likeness (QED) is 0.626. The Morgan fingerprint density at radius 2 is 2.27 bits per heavy atom. The highest BCUT2D eigenvalue weighted by molar-refractivity contribution is 4.98. The zero-order chi connectivity index (χ0) is 8.48. The molecular formula is C8H14O3. The number of allylic oxidation sites excluding steroid dienone is 1. The summed E-state index contributed by atoms with van der Waals surface area (Å²) in [5.41, 5.74) is 0. The van der Waals surface area contributed by atoms with Crippen molar-refractivity contribution in [2.24, 2.45) is 0 Å². The zero-order valence-electron chi connectivity index (χ0n) is 7.13. The zero-order valence-corrected chi connectivity index (χ0v) is 7.13. The number of aliphatic hydroxyl groups is 1. The van der Waals surface area contributed by atoms with Crippen molar-refractivity contribution in [1.29, 1.82) is 0 Å². The molecule has 0 aliphatic carbocycles. The first-order valence-corrected chi connectivity index (χ1v) is 3.79. The molecule has 64 valence electrons. The van der Waals surface area contributed by atoms with Gasteiger partial charge in [0, 0.05) is 26.3 Å². The molecular weight excluding hydrogens is 144 g/mol. The van der Waals surface area contributed by atoms with Crippen molar-refractivity contribution in [3.8, 4) is 0 Å². The van der Waals surface area contributed by atoms with Crippen LogP contribution in [0.2, 0.25) is 0 Å². The van der Waals surface area contributed by atoms with Crippen LogP contribution in [0.3, 0.4) is 0 Å². The van der Waals surface area contributed by atoms with Crippen LogP contribution in [-0.2, 0) is 9.47 Å². The summed E-state index contributed by atoms with van der Waals surface area (Å²) in [5.74, 6) is 0.0909. The Morgan fingerprint density at radius 3 is 2.73 bits per heavy atom. The van der Waals surface area contributed by atoms with Crippen LogP contribution in [0.5, 0.6) is 0 Å². The van der Waals surface area contributed by atoms with Crippen molar-refractivity contribution in [3.63, 3.8) is 0 Å². The van der Waals surface area contributed by atoms with Gasteiger partial charge in [-0.15, -0.1) is 0 Å². The van der Waals surface area contributed by atoms with E-state index < -0.39 is 12.1 Å². The molecule has 11 heavy (non-hydrogen) atoms. The molecule has 0 amide bonds. The van der Waals surface area contributed by atoms with Crippen LogP contribution in [0.4, 0.5) is 0 Å². The Bertz CT molecular complexity index is 172. The number of hydrogen-bond donors (Lipinski definition) is 1. The summed E-state index contributed by atoms with van der Waals surface area (Å²) >= 11 is 0. The fourth-order valence-corrected chi connectivity index (χ4v) is 1.05. The van der Waals surface area contributed by atoms with E-state index >= 15 is 0 Å². The van der Waals surface area contributed by atoms with Crippen LogP contribution in [-0.4, -0.2) is 17.2 Å². The Hall–Kier alpha value is -0.540. The van der Waals surface area contributed by atoms with E-state index in [0.717, 1.165) is 12.2 Å². The van der Waals surface area contributed by atoms with Crippen molar-refractivity contribution in [3.05, 3.63) is 11.8 Å². The minimum atomic E-state index is -0.825. The molecule has 0 fully saturated rings. The van der Waals surface area contributed by atoms with Gasteiger partial charge in [-0.1, -0.05) is 6.92 Å². The lowest BCUT2D eigenvalue weighted by Gasteiger charge is -2.33. The lowest BCUT2D eigenvalue weighted by Crippen LogP contribution is -2.36. The second kappa shape index (κ2) is 2.83. The molecule has 0 radical (unpaired) electrons. The second-order valence-electron chi connectivity index (χ2n) is 3.00. The highest BCUT2D eigenvalue weighted by Gasteiger charge is 2.28. The second-order valence-corrected chi connectivity index (χ2v) is 3.00. The highest BCUT2D eigenvalue weighted by atomic mass is 16.8. The average Bonchev–Trinajstić information content (AvgIpc) is 1.83. The van der Waals surface area contributed by atoms with Gasteiger partial charge in [0.25, 0.3) is 0 Å². The number of rotatable bonds is 1.